The van der Waals surface area contributed by atoms with Crippen LogP contribution in [0, 0.1) is 11.8 Å². The Morgan fingerprint density at radius 2 is 1.60 bits per heavy atom. The smallest absolute Gasteiger partial charge is 0.328 e. The zero-order valence-electron chi connectivity index (χ0n) is 19.8. The van der Waals surface area contributed by atoms with Crippen molar-refractivity contribution in [2.45, 2.75) is 32.4 Å². The molecule has 0 aromatic heterocycles. The van der Waals surface area contributed by atoms with Gasteiger partial charge in [-0.05, 0) is 57.2 Å². The third-order valence-corrected chi connectivity index (χ3v) is 4.01. The highest BCUT2D eigenvalue weighted by Crippen LogP contribution is 2.17. The second-order valence-electron chi connectivity index (χ2n) is 8.19. The van der Waals surface area contributed by atoms with Gasteiger partial charge >= 0.3 is 11.9 Å². The molecule has 0 saturated heterocycles. The van der Waals surface area contributed by atoms with Crippen molar-refractivity contribution in [3.8, 4) is 17.6 Å². The number of aliphatic carboxylic acids is 2. The summed E-state index contributed by atoms with van der Waals surface area (Å²) >= 11 is 0. The molecule has 2 aromatic carbocycles. The monoisotopic (exact) mass is 482 g/mol. The summed E-state index contributed by atoms with van der Waals surface area (Å²) in [5.74, 6) is 4.31. The van der Waals surface area contributed by atoms with Gasteiger partial charge in [0.1, 0.15) is 18.5 Å². The minimum absolute atomic E-state index is 0.0544. The topological polar surface area (TPSA) is 145 Å². The van der Waals surface area contributed by atoms with Crippen molar-refractivity contribution in [3.05, 3.63) is 71.8 Å². The van der Waals surface area contributed by atoms with E-state index < -0.39 is 18.0 Å². The minimum atomic E-state index is -1.26. The number of rotatable bonds is 9. The fourth-order valence-electron chi connectivity index (χ4n) is 2.36. The van der Waals surface area contributed by atoms with Gasteiger partial charge in [0.2, 0.25) is 6.41 Å². The van der Waals surface area contributed by atoms with Crippen LogP contribution in [0.25, 0.3) is 0 Å². The molecule has 0 aliphatic rings. The number of hydrogen-bond donors (Lipinski definition) is 5. The molecule has 1 atom stereocenters. The lowest BCUT2D eigenvalue weighted by Gasteiger charge is -2.23. The van der Waals surface area contributed by atoms with Crippen molar-refractivity contribution in [1.82, 2.24) is 5.32 Å². The molecule has 0 spiro atoms. The first-order valence-electron chi connectivity index (χ1n) is 10.6. The zero-order valence-corrected chi connectivity index (χ0v) is 19.8. The molecule has 1 amide bonds. The number of carbonyl (C=O) groups excluding carboxylic acids is 1. The van der Waals surface area contributed by atoms with Gasteiger partial charge in [-0.2, -0.15) is 0 Å². The van der Waals surface area contributed by atoms with E-state index in [4.69, 9.17) is 14.9 Å². The Hall–Kier alpha value is -4.13. The molecule has 2 aromatic rings. The van der Waals surface area contributed by atoms with Gasteiger partial charge in [-0.15, -0.1) is 0 Å². The summed E-state index contributed by atoms with van der Waals surface area (Å²) in [5, 5.41) is 31.5. The van der Waals surface area contributed by atoms with Crippen LogP contribution in [0.5, 0.6) is 5.75 Å². The largest absolute Gasteiger partial charge is 0.490 e. The van der Waals surface area contributed by atoms with E-state index in [2.05, 4.69) is 22.5 Å². The third kappa shape index (κ3) is 13.9. The molecule has 0 saturated carbocycles. The number of benzene rings is 2. The van der Waals surface area contributed by atoms with E-state index in [9.17, 15) is 19.5 Å². The summed E-state index contributed by atoms with van der Waals surface area (Å²) < 4.78 is 5.76. The number of anilines is 1. The molecule has 9 nitrogen and oxygen atoms in total. The van der Waals surface area contributed by atoms with Gasteiger partial charge in [0.25, 0.3) is 0 Å². The number of β-amino-alcohol motifs (C(OH)–C–C–N with tert-alkyl or cyclic N) is 1. The summed E-state index contributed by atoms with van der Waals surface area (Å²) in [6.45, 7) is 6.79. The number of hydrogen-bond acceptors (Lipinski definition) is 6. The molecule has 5 N–H and O–H groups in total. The van der Waals surface area contributed by atoms with Crippen molar-refractivity contribution < 1.29 is 34.4 Å². The number of aliphatic hydroxyl groups excluding tert-OH is 1. The van der Waals surface area contributed by atoms with Gasteiger partial charge in [-0.25, -0.2) is 9.59 Å². The molecule has 186 valence electrons. The highest BCUT2D eigenvalue weighted by Gasteiger charge is 2.13. The van der Waals surface area contributed by atoms with E-state index in [-0.39, 0.29) is 12.1 Å². The number of carboxylic acids is 2. The lowest BCUT2D eigenvalue weighted by Crippen LogP contribution is -2.42. The van der Waals surface area contributed by atoms with E-state index in [0.29, 0.717) is 30.9 Å². The van der Waals surface area contributed by atoms with Crippen molar-refractivity contribution in [1.29, 1.82) is 0 Å². The Balaban J connectivity index is 0.000000658. The van der Waals surface area contributed by atoms with E-state index in [1.165, 1.54) is 0 Å². The van der Waals surface area contributed by atoms with Crippen LogP contribution in [0.3, 0.4) is 0 Å². The van der Waals surface area contributed by atoms with Crippen LogP contribution >= 0.6 is 0 Å². The molecule has 0 heterocycles. The first kappa shape index (κ1) is 28.9. The number of amides is 1. The Morgan fingerprint density at radius 3 is 2.14 bits per heavy atom. The van der Waals surface area contributed by atoms with Gasteiger partial charge < -0.3 is 30.7 Å². The number of ether oxygens (including phenoxy) is 1. The van der Waals surface area contributed by atoms with Gasteiger partial charge in [0.05, 0.1) is 5.56 Å². The van der Waals surface area contributed by atoms with Gasteiger partial charge in [0.15, 0.2) is 0 Å². The average molecular weight is 483 g/mol. The highest BCUT2D eigenvalue weighted by atomic mass is 16.5. The summed E-state index contributed by atoms with van der Waals surface area (Å²) in [6, 6.07) is 14.7. The standard InChI is InChI=1S/C22H26N2O3.C4H4O4/c1-22(2,3)24-14-20(26)15-27-21-7-5-4-6-18(21)11-8-17-9-12-19(13-10-17)23-16-25;5-3(6)1-2-4(7)8/h4-7,9-10,12-13,16,20,24,26H,14-15H2,1-3H3,(H,23,25);1-2H,(H,5,6)(H,7,8)/b;2-1+. The van der Waals surface area contributed by atoms with Crippen LogP contribution < -0.4 is 15.4 Å². The van der Waals surface area contributed by atoms with Crippen molar-refractivity contribution in [2.24, 2.45) is 0 Å². The number of carbonyl (C=O) groups is 3. The third-order valence-electron chi connectivity index (χ3n) is 4.01. The second-order valence-corrected chi connectivity index (χ2v) is 8.19. The molecular formula is C26H30N2O7. The van der Waals surface area contributed by atoms with E-state index in [0.717, 1.165) is 16.8 Å². The fraction of sp³-hybridized carbons (Fsp3) is 0.269. The van der Waals surface area contributed by atoms with Gasteiger partial charge in [-0.3, -0.25) is 4.79 Å². The molecule has 9 heteroatoms. The highest BCUT2D eigenvalue weighted by molar-refractivity contribution is 5.89. The molecule has 0 aliphatic heterocycles. The van der Waals surface area contributed by atoms with Crippen LogP contribution in [-0.4, -0.2) is 58.5 Å². The maximum absolute atomic E-state index is 10.4. The Bertz CT molecular complexity index is 1050. The Labute approximate surface area is 204 Å². The summed E-state index contributed by atoms with van der Waals surface area (Å²) in [7, 11) is 0. The fourth-order valence-corrected chi connectivity index (χ4v) is 2.36. The Morgan fingerprint density at radius 1 is 1.00 bits per heavy atom. The number of carboxylic acid groups (broad SMARTS) is 2. The zero-order chi connectivity index (χ0) is 26.3. The minimum Gasteiger partial charge on any atom is -0.490 e. The number of nitrogens with one attached hydrogen (secondary N) is 2. The molecule has 0 radical (unpaired) electrons. The molecule has 0 bridgehead atoms. The van der Waals surface area contributed by atoms with Crippen LogP contribution in [0.15, 0.2) is 60.7 Å². The summed E-state index contributed by atoms with van der Waals surface area (Å²) in [4.78, 5) is 29.5. The predicted octanol–water partition coefficient (Wildman–Crippen LogP) is 2.49. The van der Waals surface area contributed by atoms with E-state index >= 15 is 0 Å². The van der Waals surface area contributed by atoms with Gasteiger partial charge in [0, 0.05) is 35.5 Å². The van der Waals surface area contributed by atoms with Crippen LogP contribution in [0.1, 0.15) is 31.9 Å². The lowest BCUT2D eigenvalue weighted by atomic mass is 10.1. The molecule has 0 fully saturated rings. The Kier molecular flexibility index (Phi) is 12.3. The quantitative estimate of drug-likeness (QED) is 0.208. The van der Waals surface area contributed by atoms with Crippen LogP contribution in [0.2, 0.25) is 0 Å². The summed E-state index contributed by atoms with van der Waals surface area (Å²) in [5.41, 5.74) is 2.25. The predicted molar refractivity (Wildman–Crippen MR) is 132 cm³/mol. The lowest BCUT2D eigenvalue weighted by molar-refractivity contribution is -0.134. The molecular weight excluding hydrogens is 452 g/mol. The first-order valence-corrected chi connectivity index (χ1v) is 10.6. The number of aliphatic hydroxyl groups is 1. The maximum Gasteiger partial charge on any atom is 0.328 e. The van der Waals surface area contributed by atoms with Crippen molar-refractivity contribution in [3.63, 3.8) is 0 Å². The maximum atomic E-state index is 10.4. The second kappa shape index (κ2) is 14.9. The van der Waals surface area contributed by atoms with Crippen LogP contribution in [0.4, 0.5) is 5.69 Å². The normalized spacial score (nSPS) is 11.3. The van der Waals surface area contributed by atoms with E-state index in [1.54, 1.807) is 12.1 Å². The van der Waals surface area contributed by atoms with Crippen molar-refractivity contribution in [2.75, 3.05) is 18.5 Å². The first-order chi connectivity index (χ1) is 16.5. The molecule has 0 aliphatic carbocycles. The molecule has 2 rings (SSSR count). The SMILES string of the molecule is CC(C)(C)NCC(O)COc1ccccc1C#Cc1ccc(NC=O)cc1.O=C(O)/C=C/C(=O)O. The van der Waals surface area contributed by atoms with Crippen molar-refractivity contribution >= 4 is 24.0 Å². The molecule has 35 heavy (non-hydrogen) atoms. The van der Waals surface area contributed by atoms with Gasteiger partial charge in [-0.1, -0.05) is 24.0 Å². The molecule has 1 unspecified atom stereocenters. The number of para-hydroxylation sites is 1. The average Bonchev–Trinajstić information content (AvgIpc) is 2.80. The summed E-state index contributed by atoms with van der Waals surface area (Å²) in [6.07, 6.45) is 1.15. The van der Waals surface area contributed by atoms with E-state index in [1.807, 2.05) is 57.2 Å². The van der Waals surface area contributed by atoms with Crippen LogP contribution in [-0.2, 0) is 14.4 Å².